The number of methoxy groups -OCH3 is 1. The van der Waals surface area contributed by atoms with E-state index < -0.39 is 21.8 Å². The summed E-state index contributed by atoms with van der Waals surface area (Å²) in [5, 5.41) is 0. The van der Waals surface area contributed by atoms with Crippen molar-refractivity contribution in [3.05, 3.63) is 54.1 Å². The van der Waals surface area contributed by atoms with Crippen LogP contribution >= 0.6 is 0 Å². The highest BCUT2D eigenvalue weighted by molar-refractivity contribution is 7.89. The van der Waals surface area contributed by atoms with E-state index in [1.807, 2.05) is 12.1 Å². The number of halogens is 3. The Morgan fingerprint density at radius 2 is 1.47 bits per heavy atom. The zero-order valence-corrected chi connectivity index (χ0v) is 17.2. The van der Waals surface area contributed by atoms with E-state index in [4.69, 9.17) is 9.47 Å². The van der Waals surface area contributed by atoms with Crippen molar-refractivity contribution >= 4 is 10.0 Å². The molecular formula is C20H23F3N2O4S. The Morgan fingerprint density at radius 1 is 0.900 bits per heavy atom. The molecule has 0 bridgehead atoms. The SMILES string of the molecule is COc1ccc(OCCN2CCN(S(=O)(=O)c3ccc(C(F)(F)F)cc3)CC2)cc1. The van der Waals surface area contributed by atoms with Crippen LogP contribution in [0, 0.1) is 0 Å². The molecule has 6 nitrogen and oxygen atoms in total. The van der Waals surface area contributed by atoms with Gasteiger partial charge in [-0.25, -0.2) is 8.42 Å². The van der Waals surface area contributed by atoms with Gasteiger partial charge >= 0.3 is 6.18 Å². The lowest BCUT2D eigenvalue weighted by molar-refractivity contribution is -0.137. The van der Waals surface area contributed by atoms with Crippen molar-refractivity contribution in [1.29, 1.82) is 0 Å². The lowest BCUT2D eigenvalue weighted by Gasteiger charge is -2.33. The Balaban J connectivity index is 1.49. The number of benzene rings is 2. The summed E-state index contributed by atoms with van der Waals surface area (Å²) in [6, 6.07) is 10.8. The second-order valence-corrected chi connectivity index (χ2v) is 8.73. The molecule has 10 heteroatoms. The van der Waals surface area contributed by atoms with Crippen LogP contribution in [0.15, 0.2) is 53.4 Å². The predicted octanol–water partition coefficient (Wildman–Crippen LogP) is 3.10. The van der Waals surface area contributed by atoms with Crippen LogP contribution < -0.4 is 9.47 Å². The summed E-state index contributed by atoms with van der Waals surface area (Å²) in [4.78, 5) is 1.95. The fraction of sp³-hybridized carbons (Fsp3) is 0.400. The van der Waals surface area contributed by atoms with Crippen LogP contribution in [0.25, 0.3) is 0 Å². The number of ether oxygens (including phenoxy) is 2. The largest absolute Gasteiger partial charge is 0.497 e. The predicted molar refractivity (Wildman–Crippen MR) is 105 cm³/mol. The van der Waals surface area contributed by atoms with Crippen molar-refractivity contribution in [2.24, 2.45) is 0 Å². The van der Waals surface area contributed by atoms with E-state index in [1.165, 1.54) is 4.31 Å². The number of nitrogens with zero attached hydrogens (tertiary/aromatic N) is 2. The summed E-state index contributed by atoms with van der Waals surface area (Å²) in [6.45, 7) is 2.67. The third-order valence-corrected chi connectivity index (χ3v) is 6.80. The number of piperazine rings is 1. The van der Waals surface area contributed by atoms with E-state index in [-0.39, 0.29) is 18.0 Å². The van der Waals surface area contributed by atoms with Crippen LogP contribution in [0.3, 0.4) is 0 Å². The number of rotatable bonds is 7. The normalized spacial score (nSPS) is 16.4. The molecular weight excluding hydrogens is 421 g/mol. The fourth-order valence-corrected chi connectivity index (χ4v) is 4.55. The van der Waals surface area contributed by atoms with Gasteiger partial charge in [0.25, 0.3) is 0 Å². The Hall–Kier alpha value is -2.30. The van der Waals surface area contributed by atoms with Gasteiger partial charge in [-0.1, -0.05) is 0 Å². The molecule has 0 aliphatic carbocycles. The van der Waals surface area contributed by atoms with E-state index in [9.17, 15) is 21.6 Å². The van der Waals surface area contributed by atoms with E-state index in [2.05, 4.69) is 4.90 Å². The molecule has 1 saturated heterocycles. The monoisotopic (exact) mass is 444 g/mol. The lowest BCUT2D eigenvalue weighted by Crippen LogP contribution is -2.49. The van der Waals surface area contributed by atoms with E-state index >= 15 is 0 Å². The third-order valence-electron chi connectivity index (χ3n) is 4.89. The van der Waals surface area contributed by atoms with Gasteiger partial charge in [-0.2, -0.15) is 17.5 Å². The maximum Gasteiger partial charge on any atom is 0.416 e. The highest BCUT2D eigenvalue weighted by Gasteiger charge is 2.32. The third kappa shape index (κ3) is 5.44. The number of alkyl halides is 3. The summed E-state index contributed by atoms with van der Waals surface area (Å²) >= 11 is 0. The maximum absolute atomic E-state index is 12.7. The van der Waals surface area contributed by atoms with E-state index in [0.717, 1.165) is 35.8 Å². The lowest BCUT2D eigenvalue weighted by atomic mass is 10.2. The molecule has 0 saturated carbocycles. The first-order valence-electron chi connectivity index (χ1n) is 9.37. The smallest absolute Gasteiger partial charge is 0.416 e. The molecule has 164 valence electrons. The van der Waals surface area contributed by atoms with E-state index in [1.54, 1.807) is 19.2 Å². The molecule has 30 heavy (non-hydrogen) atoms. The van der Waals surface area contributed by atoms with Gasteiger partial charge in [0.15, 0.2) is 0 Å². The molecule has 2 aromatic rings. The van der Waals surface area contributed by atoms with Gasteiger partial charge in [0.1, 0.15) is 18.1 Å². The average molecular weight is 444 g/mol. The van der Waals surface area contributed by atoms with Crippen molar-refractivity contribution in [3.8, 4) is 11.5 Å². The van der Waals surface area contributed by atoms with E-state index in [0.29, 0.717) is 26.2 Å². The van der Waals surface area contributed by atoms with Gasteiger partial charge in [0, 0.05) is 32.7 Å². The van der Waals surface area contributed by atoms with Crippen LogP contribution in [0.2, 0.25) is 0 Å². The Labute approximate surface area is 173 Å². The number of hydrogen-bond acceptors (Lipinski definition) is 5. The summed E-state index contributed by atoms with van der Waals surface area (Å²) in [5.41, 5.74) is -0.872. The van der Waals surface area contributed by atoms with Crippen LogP contribution in [0.4, 0.5) is 13.2 Å². The zero-order valence-electron chi connectivity index (χ0n) is 16.4. The van der Waals surface area contributed by atoms with Crippen molar-refractivity contribution in [3.63, 3.8) is 0 Å². The van der Waals surface area contributed by atoms with Crippen molar-refractivity contribution < 1.29 is 31.1 Å². The quantitative estimate of drug-likeness (QED) is 0.657. The van der Waals surface area contributed by atoms with Gasteiger partial charge in [-0.3, -0.25) is 4.90 Å². The molecule has 1 aliphatic rings. The number of hydrogen-bond donors (Lipinski definition) is 0. The standard InChI is InChI=1S/C20H23F3N2O4S/c1-28-17-4-6-18(7-5-17)29-15-14-24-10-12-25(13-11-24)30(26,27)19-8-2-16(3-9-19)20(21,22)23/h2-9H,10-15H2,1H3. The summed E-state index contributed by atoms with van der Waals surface area (Å²) in [5.74, 6) is 1.46. The van der Waals surface area contributed by atoms with Crippen LogP contribution in [0.1, 0.15) is 5.56 Å². The molecule has 3 rings (SSSR count). The highest BCUT2D eigenvalue weighted by Crippen LogP contribution is 2.30. The zero-order chi connectivity index (χ0) is 21.8. The second kappa shape index (κ2) is 9.23. The molecule has 0 aromatic heterocycles. The molecule has 2 aromatic carbocycles. The van der Waals surface area contributed by atoms with Crippen LogP contribution in [0.5, 0.6) is 11.5 Å². The Bertz CT molecular complexity index is 924. The maximum atomic E-state index is 12.7. The molecule has 0 radical (unpaired) electrons. The summed E-state index contributed by atoms with van der Waals surface area (Å²) in [6.07, 6.45) is -4.50. The minimum atomic E-state index is -4.50. The molecule has 1 heterocycles. The van der Waals surface area contributed by atoms with Gasteiger partial charge < -0.3 is 9.47 Å². The Morgan fingerprint density at radius 3 is 2.00 bits per heavy atom. The highest BCUT2D eigenvalue weighted by atomic mass is 32.2. The first-order valence-corrected chi connectivity index (χ1v) is 10.8. The van der Waals surface area contributed by atoms with Crippen LogP contribution in [-0.2, 0) is 16.2 Å². The van der Waals surface area contributed by atoms with Crippen molar-refractivity contribution in [2.75, 3.05) is 46.4 Å². The molecule has 1 aliphatic heterocycles. The minimum Gasteiger partial charge on any atom is -0.497 e. The molecule has 0 N–H and O–H groups in total. The topological polar surface area (TPSA) is 59.1 Å². The van der Waals surface area contributed by atoms with Crippen molar-refractivity contribution in [2.45, 2.75) is 11.1 Å². The van der Waals surface area contributed by atoms with Gasteiger partial charge in [-0.05, 0) is 48.5 Å². The molecule has 0 spiro atoms. The average Bonchev–Trinajstić information content (AvgIpc) is 2.74. The van der Waals surface area contributed by atoms with Gasteiger partial charge in [0.05, 0.1) is 17.6 Å². The van der Waals surface area contributed by atoms with Crippen LogP contribution in [-0.4, -0.2) is 64.1 Å². The first-order chi connectivity index (χ1) is 14.2. The Kier molecular flexibility index (Phi) is 6.89. The number of sulfonamides is 1. The second-order valence-electron chi connectivity index (χ2n) is 6.79. The van der Waals surface area contributed by atoms with Gasteiger partial charge in [-0.15, -0.1) is 0 Å². The molecule has 0 amide bonds. The molecule has 0 unspecified atom stereocenters. The fourth-order valence-electron chi connectivity index (χ4n) is 3.12. The molecule has 0 atom stereocenters. The minimum absolute atomic E-state index is 0.133. The van der Waals surface area contributed by atoms with Gasteiger partial charge in [0.2, 0.25) is 10.0 Å². The van der Waals surface area contributed by atoms with Crippen molar-refractivity contribution in [1.82, 2.24) is 9.21 Å². The first kappa shape index (κ1) is 22.4. The summed E-state index contributed by atoms with van der Waals surface area (Å²) in [7, 11) is -2.23. The summed E-state index contributed by atoms with van der Waals surface area (Å²) < 4.78 is 75.5. The molecule has 1 fully saturated rings.